The standard InChI is InChI=1S/C13H17IN2O3/c1-13(2,3)19-12(18)15-8-11(17)16-10-7-5-4-6-9(10)14/h4-7H,8H2,1-3H3,(H,15,18)(H,16,17). The zero-order valence-electron chi connectivity index (χ0n) is 11.1. The summed E-state index contributed by atoms with van der Waals surface area (Å²) < 4.78 is 5.97. The first kappa shape index (κ1) is 15.7. The molecule has 0 aliphatic heterocycles. The van der Waals surface area contributed by atoms with Crippen molar-refractivity contribution < 1.29 is 14.3 Å². The minimum Gasteiger partial charge on any atom is -0.444 e. The van der Waals surface area contributed by atoms with Crippen molar-refractivity contribution in [2.45, 2.75) is 26.4 Å². The number of halogens is 1. The number of nitrogens with one attached hydrogen (secondary N) is 2. The molecule has 0 spiro atoms. The number of amides is 2. The van der Waals surface area contributed by atoms with Gasteiger partial charge in [-0.25, -0.2) is 4.79 Å². The smallest absolute Gasteiger partial charge is 0.408 e. The second kappa shape index (κ2) is 6.74. The maximum absolute atomic E-state index is 11.7. The van der Waals surface area contributed by atoms with E-state index in [1.807, 2.05) is 18.2 Å². The summed E-state index contributed by atoms with van der Waals surface area (Å²) in [5.74, 6) is -0.296. The van der Waals surface area contributed by atoms with Gasteiger partial charge in [0, 0.05) is 3.57 Å². The summed E-state index contributed by atoms with van der Waals surface area (Å²) in [6.45, 7) is 5.16. The molecule has 6 heteroatoms. The van der Waals surface area contributed by atoms with Crippen LogP contribution in [0.3, 0.4) is 0 Å². The maximum Gasteiger partial charge on any atom is 0.408 e. The van der Waals surface area contributed by atoms with Crippen LogP contribution in [0.5, 0.6) is 0 Å². The Morgan fingerprint density at radius 3 is 2.47 bits per heavy atom. The molecule has 0 radical (unpaired) electrons. The van der Waals surface area contributed by atoms with Crippen LogP contribution in [0.1, 0.15) is 20.8 Å². The van der Waals surface area contributed by atoms with E-state index in [0.29, 0.717) is 0 Å². The van der Waals surface area contributed by atoms with E-state index < -0.39 is 11.7 Å². The number of carbonyl (C=O) groups excluding carboxylic acids is 2. The Labute approximate surface area is 126 Å². The molecule has 0 saturated carbocycles. The van der Waals surface area contributed by atoms with Gasteiger partial charge in [0.25, 0.3) is 0 Å². The molecule has 0 fully saturated rings. The van der Waals surface area contributed by atoms with Gasteiger partial charge in [-0.3, -0.25) is 4.79 Å². The van der Waals surface area contributed by atoms with Crippen LogP contribution in [0.4, 0.5) is 10.5 Å². The average Bonchev–Trinajstić information content (AvgIpc) is 2.27. The second-order valence-electron chi connectivity index (χ2n) is 4.88. The van der Waals surface area contributed by atoms with E-state index >= 15 is 0 Å². The van der Waals surface area contributed by atoms with Crippen LogP contribution >= 0.6 is 22.6 Å². The van der Waals surface area contributed by atoms with E-state index in [1.165, 1.54) is 0 Å². The van der Waals surface area contributed by atoms with Crippen molar-refractivity contribution in [3.05, 3.63) is 27.8 Å². The first-order valence-corrected chi connectivity index (χ1v) is 6.87. The summed E-state index contributed by atoms with van der Waals surface area (Å²) in [5.41, 5.74) is 0.147. The topological polar surface area (TPSA) is 67.4 Å². The van der Waals surface area contributed by atoms with Crippen LogP contribution in [0.25, 0.3) is 0 Å². The highest BCUT2D eigenvalue weighted by atomic mass is 127. The molecule has 1 aromatic carbocycles. The van der Waals surface area contributed by atoms with Gasteiger partial charge in [-0.05, 0) is 55.5 Å². The Hall–Kier alpha value is -1.31. The average molecular weight is 376 g/mol. The minimum atomic E-state index is -0.606. The molecule has 0 aliphatic carbocycles. The highest BCUT2D eigenvalue weighted by Crippen LogP contribution is 2.16. The molecule has 1 aromatic rings. The van der Waals surface area contributed by atoms with E-state index in [0.717, 1.165) is 9.26 Å². The third-order valence-corrected chi connectivity index (χ3v) is 2.88. The van der Waals surface area contributed by atoms with E-state index in [-0.39, 0.29) is 12.5 Å². The fourth-order valence-electron chi connectivity index (χ4n) is 1.22. The summed E-state index contributed by atoms with van der Waals surface area (Å²) in [7, 11) is 0. The quantitative estimate of drug-likeness (QED) is 0.798. The minimum absolute atomic E-state index is 0.125. The molecule has 0 atom stereocenters. The van der Waals surface area contributed by atoms with Crippen molar-refractivity contribution in [3.8, 4) is 0 Å². The number of alkyl carbamates (subject to hydrolysis) is 1. The Balaban J connectivity index is 2.41. The SMILES string of the molecule is CC(C)(C)OC(=O)NCC(=O)Nc1ccccc1I. The molecule has 0 aliphatic rings. The Morgan fingerprint density at radius 2 is 1.89 bits per heavy atom. The Morgan fingerprint density at radius 1 is 1.26 bits per heavy atom. The van der Waals surface area contributed by atoms with E-state index in [1.54, 1.807) is 26.8 Å². The monoisotopic (exact) mass is 376 g/mol. The predicted molar refractivity (Wildman–Crippen MR) is 82.0 cm³/mol. The van der Waals surface area contributed by atoms with Crippen molar-refractivity contribution in [1.82, 2.24) is 5.32 Å². The van der Waals surface area contributed by atoms with Gasteiger partial charge in [0.1, 0.15) is 12.1 Å². The molecule has 0 bridgehead atoms. The molecule has 2 amide bonds. The zero-order chi connectivity index (χ0) is 14.5. The number of benzene rings is 1. The fraction of sp³-hybridized carbons (Fsp3) is 0.385. The van der Waals surface area contributed by atoms with Crippen molar-refractivity contribution in [2.24, 2.45) is 0 Å². The van der Waals surface area contributed by atoms with Crippen LogP contribution in [0.2, 0.25) is 0 Å². The lowest BCUT2D eigenvalue weighted by molar-refractivity contribution is -0.115. The lowest BCUT2D eigenvalue weighted by Crippen LogP contribution is -2.37. The van der Waals surface area contributed by atoms with E-state index in [9.17, 15) is 9.59 Å². The van der Waals surface area contributed by atoms with Crippen LogP contribution in [-0.4, -0.2) is 24.1 Å². The van der Waals surface area contributed by atoms with E-state index in [2.05, 4.69) is 33.2 Å². The van der Waals surface area contributed by atoms with Crippen molar-refractivity contribution >= 4 is 40.3 Å². The predicted octanol–water partition coefficient (Wildman–Crippen LogP) is 2.75. The molecule has 5 nitrogen and oxygen atoms in total. The van der Waals surface area contributed by atoms with Gasteiger partial charge >= 0.3 is 6.09 Å². The highest BCUT2D eigenvalue weighted by molar-refractivity contribution is 14.1. The Kier molecular flexibility index (Phi) is 5.59. The van der Waals surface area contributed by atoms with Gasteiger partial charge in [-0.15, -0.1) is 0 Å². The largest absolute Gasteiger partial charge is 0.444 e. The molecule has 0 heterocycles. The molecule has 104 valence electrons. The number of hydrogen-bond acceptors (Lipinski definition) is 3. The van der Waals surface area contributed by atoms with Gasteiger partial charge in [0.05, 0.1) is 5.69 Å². The first-order chi connectivity index (χ1) is 8.78. The number of para-hydroxylation sites is 1. The number of ether oxygens (including phenoxy) is 1. The van der Waals surface area contributed by atoms with Crippen molar-refractivity contribution in [1.29, 1.82) is 0 Å². The van der Waals surface area contributed by atoms with Crippen LogP contribution < -0.4 is 10.6 Å². The lowest BCUT2D eigenvalue weighted by atomic mass is 10.2. The van der Waals surface area contributed by atoms with Crippen molar-refractivity contribution in [3.63, 3.8) is 0 Å². The van der Waals surface area contributed by atoms with Gasteiger partial charge < -0.3 is 15.4 Å². The van der Waals surface area contributed by atoms with Gasteiger partial charge in [0.15, 0.2) is 0 Å². The summed E-state index contributed by atoms with van der Waals surface area (Å²) in [5, 5.41) is 5.11. The highest BCUT2D eigenvalue weighted by Gasteiger charge is 2.16. The summed E-state index contributed by atoms with van der Waals surface area (Å²) in [6.07, 6.45) is -0.606. The maximum atomic E-state index is 11.7. The molecule has 0 saturated heterocycles. The number of anilines is 1. The van der Waals surface area contributed by atoms with Crippen LogP contribution in [-0.2, 0) is 9.53 Å². The normalized spacial score (nSPS) is 10.7. The molecular formula is C13H17IN2O3. The van der Waals surface area contributed by atoms with Gasteiger partial charge in [-0.2, -0.15) is 0 Å². The summed E-state index contributed by atoms with van der Waals surface area (Å²) in [4.78, 5) is 23.0. The summed E-state index contributed by atoms with van der Waals surface area (Å²) in [6, 6.07) is 7.40. The summed E-state index contributed by atoms with van der Waals surface area (Å²) >= 11 is 2.13. The molecule has 1 rings (SSSR count). The third-order valence-electron chi connectivity index (χ3n) is 1.94. The molecule has 19 heavy (non-hydrogen) atoms. The van der Waals surface area contributed by atoms with Crippen LogP contribution in [0.15, 0.2) is 24.3 Å². The number of rotatable bonds is 3. The molecule has 0 aromatic heterocycles. The molecular weight excluding hydrogens is 359 g/mol. The lowest BCUT2D eigenvalue weighted by Gasteiger charge is -2.19. The second-order valence-corrected chi connectivity index (χ2v) is 6.05. The van der Waals surface area contributed by atoms with Crippen LogP contribution in [0, 0.1) is 3.57 Å². The van der Waals surface area contributed by atoms with E-state index in [4.69, 9.17) is 4.74 Å². The first-order valence-electron chi connectivity index (χ1n) is 5.79. The molecule has 2 N–H and O–H groups in total. The number of hydrogen-bond donors (Lipinski definition) is 2. The van der Waals surface area contributed by atoms with Gasteiger partial charge in [-0.1, -0.05) is 12.1 Å². The number of carbonyl (C=O) groups is 2. The zero-order valence-corrected chi connectivity index (χ0v) is 13.3. The third kappa shape index (κ3) is 6.42. The van der Waals surface area contributed by atoms with Gasteiger partial charge in [0.2, 0.25) is 5.91 Å². The van der Waals surface area contributed by atoms with Crippen molar-refractivity contribution in [2.75, 3.05) is 11.9 Å². The molecule has 0 unspecified atom stereocenters. The Bertz CT molecular complexity index is 469. The fourth-order valence-corrected chi connectivity index (χ4v) is 1.75.